The van der Waals surface area contributed by atoms with Gasteiger partial charge in [0.05, 0.1) is 23.4 Å². The SMILES string of the molecule is COC(=O)c1ccc(Cl)c(NC(=O)NCC2(c3ccc(Cl)cc3)CC2)c1. The van der Waals surface area contributed by atoms with Crippen molar-refractivity contribution in [3.05, 3.63) is 63.6 Å². The Morgan fingerprint density at radius 3 is 2.42 bits per heavy atom. The maximum Gasteiger partial charge on any atom is 0.337 e. The molecule has 0 aliphatic heterocycles. The van der Waals surface area contributed by atoms with Crippen LogP contribution in [-0.4, -0.2) is 25.7 Å². The monoisotopic (exact) mass is 392 g/mol. The number of carbonyl (C=O) groups is 2. The topological polar surface area (TPSA) is 67.4 Å². The first-order valence-electron chi connectivity index (χ1n) is 8.12. The van der Waals surface area contributed by atoms with Crippen LogP contribution in [0.5, 0.6) is 0 Å². The fourth-order valence-electron chi connectivity index (χ4n) is 2.80. The van der Waals surface area contributed by atoms with E-state index in [-0.39, 0.29) is 11.4 Å². The zero-order valence-electron chi connectivity index (χ0n) is 14.1. The van der Waals surface area contributed by atoms with Crippen molar-refractivity contribution in [2.45, 2.75) is 18.3 Å². The standard InChI is InChI=1S/C19H18Cl2N2O3/c1-26-17(24)12-2-7-15(21)16(10-12)23-18(25)22-11-19(8-9-19)13-3-5-14(20)6-4-13/h2-7,10H,8-9,11H2,1H3,(H2,22,23,25). The lowest BCUT2D eigenvalue weighted by Gasteiger charge is -2.17. The van der Waals surface area contributed by atoms with Crippen LogP contribution >= 0.6 is 23.2 Å². The van der Waals surface area contributed by atoms with E-state index in [2.05, 4.69) is 15.4 Å². The van der Waals surface area contributed by atoms with E-state index in [0.29, 0.717) is 27.8 Å². The van der Waals surface area contributed by atoms with Gasteiger partial charge in [-0.15, -0.1) is 0 Å². The number of anilines is 1. The van der Waals surface area contributed by atoms with Gasteiger partial charge < -0.3 is 15.4 Å². The maximum absolute atomic E-state index is 12.3. The minimum absolute atomic E-state index is 0.0421. The molecule has 0 bridgehead atoms. The second-order valence-electron chi connectivity index (χ2n) is 6.28. The van der Waals surface area contributed by atoms with Crippen molar-refractivity contribution in [2.24, 2.45) is 0 Å². The summed E-state index contributed by atoms with van der Waals surface area (Å²) < 4.78 is 4.67. The van der Waals surface area contributed by atoms with E-state index < -0.39 is 5.97 Å². The third-order valence-electron chi connectivity index (χ3n) is 4.53. The smallest absolute Gasteiger partial charge is 0.337 e. The van der Waals surface area contributed by atoms with Crippen LogP contribution in [0.15, 0.2) is 42.5 Å². The number of amides is 2. The van der Waals surface area contributed by atoms with E-state index >= 15 is 0 Å². The highest BCUT2D eigenvalue weighted by Crippen LogP contribution is 2.47. The lowest BCUT2D eigenvalue weighted by Crippen LogP contribution is -2.35. The molecule has 2 amide bonds. The van der Waals surface area contributed by atoms with E-state index in [1.54, 1.807) is 6.07 Å². The number of methoxy groups -OCH3 is 1. The van der Waals surface area contributed by atoms with E-state index in [1.165, 1.54) is 19.2 Å². The summed E-state index contributed by atoms with van der Waals surface area (Å²) in [7, 11) is 1.29. The second kappa shape index (κ2) is 7.56. The summed E-state index contributed by atoms with van der Waals surface area (Å²) in [6.07, 6.45) is 2.01. The van der Waals surface area contributed by atoms with E-state index in [0.717, 1.165) is 18.4 Å². The van der Waals surface area contributed by atoms with Crippen molar-refractivity contribution in [2.75, 3.05) is 19.0 Å². The molecule has 26 heavy (non-hydrogen) atoms. The zero-order valence-corrected chi connectivity index (χ0v) is 15.7. The molecule has 1 saturated carbocycles. The van der Waals surface area contributed by atoms with Gasteiger partial charge in [0.1, 0.15) is 0 Å². The Labute approximate surface area is 161 Å². The van der Waals surface area contributed by atoms with Crippen molar-refractivity contribution < 1.29 is 14.3 Å². The van der Waals surface area contributed by atoms with Gasteiger partial charge in [-0.2, -0.15) is 0 Å². The number of hydrogen-bond acceptors (Lipinski definition) is 3. The Morgan fingerprint density at radius 2 is 1.81 bits per heavy atom. The predicted octanol–water partition coefficient (Wildman–Crippen LogP) is 4.63. The van der Waals surface area contributed by atoms with Gasteiger partial charge in [0.2, 0.25) is 0 Å². The molecule has 0 saturated heterocycles. The minimum atomic E-state index is -0.496. The molecular weight excluding hydrogens is 375 g/mol. The van der Waals surface area contributed by atoms with Crippen molar-refractivity contribution >= 4 is 40.9 Å². The molecule has 2 N–H and O–H groups in total. The molecule has 2 aromatic carbocycles. The molecular formula is C19H18Cl2N2O3. The van der Waals surface area contributed by atoms with Crippen LogP contribution in [0, 0.1) is 0 Å². The summed E-state index contributed by atoms with van der Waals surface area (Å²) in [6, 6.07) is 11.9. The molecule has 0 unspecified atom stereocenters. The van der Waals surface area contributed by atoms with E-state index in [9.17, 15) is 9.59 Å². The van der Waals surface area contributed by atoms with Crippen LogP contribution in [0.25, 0.3) is 0 Å². The molecule has 3 rings (SSSR count). The summed E-state index contributed by atoms with van der Waals surface area (Å²) in [5.41, 5.74) is 1.78. The summed E-state index contributed by atoms with van der Waals surface area (Å²) in [5.74, 6) is -0.496. The summed E-state index contributed by atoms with van der Waals surface area (Å²) in [4.78, 5) is 23.9. The number of esters is 1. The predicted molar refractivity (Wildman–Crippen MR) is 102 cm³/mol. The van der Waals surface area contributed by atoms with Crippen LogP contribution in [0.2, 0.25) is 10.0 Å². The van der Waals surface area contributed by atoms with E-state index in [1.807, 2.05) is 24.3 Å². The number of nitrogens with one attached hydrogen (secondary N) is 2. The highest BCUT2D eigenvalue weighted by Gasteiger charge is 2.44. The Bertz CT molecular complexity index is 833. The Balaban J connectivity index is 1.63. The molecule has 0 radical (unpaired) electrons. The molecule has 0 aromatic heterocycles. The molecule has 0 spiro atoms. The molecule has 0 heterocycles. The van der Waals surface area contributed by atoms with Crippen LogP contribution in [-0.2, 0) is 10.2 Å². The second-order valence-corrected chi connectivity index (χ2v) is 7.12. The highest BCUT2D eigenvalue weighted by atomic mass is 35.5. The van der Waals surface area contributed by atoms with E-state index in [4.69, 9.17) is 23.2 Å². The van der Waals surface area contributed by atoms with Crippen LogP contribution in [0.4, 0.5) is 10.5 Å². The number of ether oxygens (including phenoxy) is 1. The van der Waals surface area contributed by atoms with Crippen LogP contribution in [0.1, 0.15) is 28.8 Å². The first-order valence-corrected chi connectivity index (χ1v) is 8.88. The third kappa shape index (κ3) is 4.11. The van der Waals surface area contributed by atoms with Crippen molar-refractivity contribution in [3.8, 4) is 0 Å². The lowest BCUT2D eigenvalue weighted by molar-refractivity contribution is 0.0600. The van der Waals surface area contributed by atoms with Gasteiger partial charge >= 0.3 is 12.0 Å². The van der Waals surface area contributed by atoms with Gasteiger partial charge in [0, 0.05) is 17.0 Å². The molecule has 7 heteroatoms. The Kier molecular flexibility index (Phi) is 5.39. The number of hydrogen-bond donors (Lipinski definition) is 2. The van der Waals surface area contributed by atoms with Crippen LogP contribution in [0.3, 0.4) is 0 Å². The number of halogens is 2. The molecule has 2 aromatic rings. The first-order chi connectivity index (χ1) is 12.4. The first kappa shape index (κ1) is 18.5. The number of urea groups is 1. The van der Waals surface area contributed by atoms with Crippen LogP contribution < -0.4 is 10.6 Å². The summed E-state index contributed by atoms with van der Waals surface area (Å²) in [5, 5.41) is 6.59. The molecule has 0 atom stereocenters. The normalized spacial score (nSPS) is 14.4. The molecule has 1 aliphatic rings. The Hall–Kier alpha value is -2.24. The molecule has 1 fully saturated rings. The van der Waals surface area contributed by atoms with Gasteiger partial charge in [0.25, 0.3) is 0 Å². The average molecular weight is 393 g/mol. The van der Waals surface area contributed by atoms with Crippen molar-refractivity contribution in [1.82, 2.24) is 5.32 Å². The average Bonchev–Trinajstić information content (AvgIpc) is 3.43. The summed E-state index contributed by atoms with van der Waals surface area (Å²) >= 11 is 12.0. The fraction of sp³-hybridized carbons (Fsp3) is 0.263. The van der Waals surface area contributed by atoms with Gasteiger partial charge in [-0.05, 0) is 48.7 Å². The van der Waals surface area contributed by atoms with Gasteiger partial charge in [-0.3, -0.25) is 0 Å². The van der Waals surface area contributed by atoms with Crippen molar-refractivity contribution in [3.63, 3.8) is 0 Å². The quantitative estimate of drug-likeness (QED) is 0.728. The van der Waals surface area contributed by atoms with Gasteiger partial charge in [-0.25, -0.2) is 9.59 Å². The Morgan fingerprint density at radius 1 is 1.12 bits per heavy atom. The molecule has 5 nitrogen and oxygen atoms in total. The minimum Gasteiger partial charge on any atom is -0.465 e. The van der Waals surface area contributed by atoms with Gasteiger partial charge in [0.15, 0.2) is 0 Å². The largest absolute Gasteiger partial charge is 0.465 e. The maximum atomic E-state index is 12.3. The highest BCUT2D eigenvalue weighted by molar-refractivity contribution is 6.33. The zero-order chi connectivity index (χ0) is 18.7. The molecule has 1 aliphatic carbocycles. The lowest BCUT2D eigenvalue weighted by atomic mass is 9.96. The number of benzene rings is 2. The summed E-state index contributed by atoms with van der Waals surface area (Å²) in [6.45, 7) is 0.509. The van der Waals surface area contributed by atoms with Crippen molar-refractivity contribution in [1.29, 1.82) is 0 Å². The van der Waals surface area contributed by atoms with Gasteiger partial charge in [-0.1, -0.05) is 35.3 Å². The third-order valence-corrected chi connectivity index (χ3v) is 5.11. The molecule has 136 valence electrons. The fourth-order valence-corrected chi connectivity index (χ4v) is 3.09. The number of carbonyl (C=O) groups excluding carboxylic acids is 2. The number of rotatable bonds is 5.